The molecule has 2 N–H and O–H groups in total. The average molecular weight is 480 g/mol. The van der Waals surface area contributed by atoms with Crippen LogP contribution in [0.4, 0.5) is 5.69 Å². The quantitative estimate of drug-likeness (QED) is 0.302. The second-order valence-electron chi connectivity index (χ2n) is 8.59. The largest absolute Gasteiger partial charge is 0.466 e. The summed E-state index contributed by atoms with van der Waals surface area (Å²) in [7, 11) is 0. The molecule has 0 atom stereocenters. The van der Waals surface area contributed by atoms with Crippen molar-refractivity contribution in [3.63, 3.8) is 0 Å². The number of oxazole rings is 1. The van der Waals surface area contributed by atoms with Gasteiger partial charge in [-0.2, -0.15) is 0 Å². The Bertz CT molecular complexity index is 1600. The summed E-state index contributed by atoms with van der Waals surface area (Å²) < 4.78 is 11.4. The predicted molar refractivity (Wildman–Crippen MR) is 138 cm³/mol. The van der Waals surface area contributed by atoms with Gasteiger partial charge in [-0.15, -0.1) is 0 Å². The Morgan fingerprint density at radius 1 is 0.806 bits per heavy atom. The van der Waals surface area contributed by atoms with E-state index in [1.54, 1.807) is 39.0 Å². The lowest BCUT2D eigenvalue weighted by Gasteiger charge is -2.08. The van der Waals surface area contributed by atoms with Gasteiger partial charge in [0.05, 0.1) is 23.4 Å². The number of anilines is 1. The molecular formula is C29H25N3O4. The number of benzene rings is 3. The number of para-hydroxylation sites is 1. The highest BCUT2D eigenvalue weighted by molar-refractivity contribution is 6.06. The normalized spacial score (nSPS) is 11.0. The maximum Gasteiger partial charge on any atom is 0.259 e. The molecular weight excluding hydrogens is 454 g/mol. The Labute approximate surface area is 208 Å². The van der Waals surface area contributed by atoms with Crippen molar-refractivity contribution in [2.24, 2.45) is 0 Å². The van der Waals surface area contributed by atoms with Crippen LogP contribution in [0.15, 0.2) is 81.6 Å². The van der Waals surface area contributed by atoms with Crippen molar-refractivity contribution in [1.82, 2.24) is 10.3 Å². The van der Waals surface area contributed by atoms with Crippen molar-refractivity contribution in [3.8, 4) is 11.5 Å². The van der Waals surface area contributed by atoms with Gasteiger partial charge >= 0.3 is 0 Å². The van der Waals surface area contributed by atoms with Gasteiger partial charge in [0.15, 0.2) is 0 Å². The van der Waals surface area contributed by atoms with E-state index >= 15 is 0 Å². The molecule has 0 spiro atoms. The number of amides is 2. The van der Waals surface area contributed by atoms with Gasteiger partial charge in [-0.1, -0.05) is 42.5 Å². The molecule has 0 bridgehead atoms. The van der Waals surface area contributed by atoms with Crippen LogP contribution in [0.25, 0.3) is 22.2 Å². The smallest absolute Gasteiger partial charge is 0.259 e. The zero-order valence-electron chi connectivity index (χ0n) is 20.2. The minimum atomic E-state index is -0.275. The third-order valence-corrected chi connectivity index (χ3v) is 6.01. The number of fused-ring (bicyclic) bond motifs is 1. The summed E-state index contributed by atoms with van der Waals surface area (Å²) in [6.07, 6.45) is 0. The van der Waals surface area contributed by atoms with Gasteiger partial charge in [-0.25, -0.2) is 4.98 Å². The SMILES string of the molecule is Cc1cc(C(=O)Nc2ccccc2-c2nc(CNC(=O)c3ccc4ccccc4c3)c(C)o2)c(C)o1. The molecule has 0 aliphatic carbocycles. The molecule has 0 aliphatic rings. The van der Waals surface area contributed by atoms with Crippen LogP contribution in [0, 0.1) is 20.8 Å². The Morgan fingerprint density at radius 2 is 1.56 bits per heavy atom. The number of furan rings is 1. The second kappa shape index (κ2) is 9.54. The molecule has 0 unspecified atom stereocenters. The van der Waals surface area contributed by atoms with Crippen molar-refractivity contribution in [1.29, 1.82) is 0 Å². The molecule has 7 nitrogen and oxygen atoms in total. The van der Waals surface area contributed by atoms with Crippen molar-refractivity contribution in [2.45, 2.75) is 27.3 Å². The fourth-order valence-electron chi connectivity index (χ4n) is 4.13. The van der Waals surface area contributed by atoms with Crippen LogP contribution < -0.4 is 10.6 Å². The van der Waals surface area contributed by atoms with Gasteiger partial charge < -0.3 is 19.5 Å². The summed E-state index contributed by atoms with van der Waals surface area (Å²) in [5, 5.41) is 7.93. The number of rotatable bonds is 6. The number of hydrogen-bond acceptors (Lipinski definition) is 5. The summed E-state index contributed by atoms with van der Waals surface area (Å²) in [5.74, 6) is 1.71. The van der Waals surface area contributed by atoms with Gasteiger partial charge in [0.25, 0.3) is 11.8 Å². The Hall–Kier alpha value is -4.65. The minimum absolute atomic E-state index is 0.192. The van der Waals surface area contributed by atoms with Crippen LogP contribution in [-0.4, -0.2) is 16.8 Å². The van der Waals surface area contributed by atoms with E-state index in [0.29, 0.717) is 51.2 Å². The van der Waals surface area contributed by atoms with Crippen molar-refractivity contribution in [2.75, 3.05) is 5.32 Å². The first kappa shape index (κ1) is 23.1. The van der Waals surface area contributed by atoms with Crippen LogP contribution in [-0.2, 0) is 6.54 Å². The van der Waals surface area contributed by atoms with E-state index in [9.17, 15) is 9.59 Å². The van der Waals surface area contributed by atoms with E-state index in [0.717, 1.165) is 10.8 Å². The summed E-state index contributed by atoms with van der Waals surface area (Å²) in [5.41, 5.74) is 2.87. The van der Waals surface area contributed by atoms with Crippen molar-refractivity contribution >= 4 is 28.3 Å². The lowest BCUT2D eigenvalue weighted by atomic mass is 10.1. The standard InChI is InChI=1S/C29H25N3O4/c1-17-14-24(18(2)35-17)28(34)31-25-11-7-6-10-23(25)29-32-26(19(3)36-29)16-30-27(33)22-13-12-20-8-4-5-9-21(20)15-22/h4-15H,16H2,1-3H3,(H,30,33)(H,31,34). The summed E-state index contributed by atoms with van der Waals surface area (Å²) in [6.45, 7) is 5.56. The molecule has 2 heterocycles. The maximum absolute atomic E-state index is 12.8. The molecule has 5 rings (SSSR count). The first-order valence-corrected chi connectivity index (χ1v) is 11.6. The van der Waals surface area contributed by atoms with E-state index in [1.807, 2.05) is 54.6 Å². The summed E-state index contributed by atoms with van der Waals surface area (Å²) in [4.78, 5) is 30.2. The first-order chi connectivity index (χ1) is 17.4. The van der Waals surface area contributed by atoms with Gasteiger partial charge in [0, 0.05) is 5.56 Å². The highest BCUT2D eigenvalue weighted by atomic mass is 16.4. The maximum atomic E-state index is 12.8. The molecule has 3 aromatic carbocycles. The van der Waals surface area contributed by atoms with Gasteiger partial charge in [-0.05, 0) is 61.9 Å². The molecule has 36 heavy (non-hydrogen) atoms. The highest BCUT2D eigenvalue weighted by Gasteiger charge is 2.19. The van der Waals surface area contributed by atoms with E-state index in [-0.39, 0.29) is 18.4 Å². The number of carbonyl (C=O) groups is 2. The number of carbonyl (C=O) groups excluding carboxylic acids is 2. The second-order valence-corrected chi connectivity index (χ2v) is 8.59. The molecule has 0 fully saturated rings. The third-order valence-electron chi connectivity index (χ3n) is 6.01. The fourth-order valence-corrected chi connectivity index (χ4v) is 4.13. The molecule has 2 amide bonds. The van der Waals surface area contributed by atoms with Gasteiger partial charge in [-0.3, -0.25) is 9.59 Å². The number of aromatic nitrogens is 1. The molecule has 7 heteroatoms. The topological polar surface area (TPSA) is 97.4 Å². The average Bonchev–Trinajstić information content (AvgIpc) is 3.42. The van der Waals surface area contributed by atoms with Crippen molar-refractivity contribution in [3.05, 3.63) is 107 Å². The van der Waals surface area contributed by atoms with E-state index < -0.39 is 0 Å². The molecule has 0 saturated heterocycles. The molecule has 5 aromatic rings. The van der Waals surface area contributed by atoms with Crippen LogP contribution in [0.3, 0.4) is 0 Å². The summed E-state index contributed by atoms with van der Waals surface area (Å²) in [6, 6.07) is 22.5. The molecule has 0 radical (unpaired) electrons. The molecule has 180 valence electrons. The van der Waals surface area contributed by atoms with Crippen LogP contribution in [0.5, 0.6) is 0 Å². The number of hydrogen-bond donors (Lipinski definition) is 2. The highest BCUT2D eigenvalue weighted by Crippen LogP contribution is 2.30. The number of aryl methyl sites for hydroxylation is 3. The van der Waals surface area contributed by atoms with E-state index in [1.165, 1.54) is 0 Å². The Kier molecular flexibility index (Phi) is 6.12. The van der Waals surface area contributed by atoms with Gasteiger partial charge in [0.1, 0.15) is 23.0 Å². The van der Waals surface area contributed by atoms with Crippen molar-refractivity contribution < 1.29 is 18.4 Å². The Morgan fingerprint density at radius 3 is 2.33 bits per heavy atom. The van der Waals surface area contributed by atoms with Gasteiger partial charge in [0.2, 0.25) is 5.89 Å². The number of nitrogens with one attached hydrogen (secondary N) is 2. The zero-order chi connectivity index (χ0) is 25.2. The molecule has 0 saturated carbocycles. The summed E-state index contributed by atoms with van der Waals surface area (Å²) >= 11 is 0. The van der Waals surface area contributed by atoms with Crippen LogP contribution in [0.2, 0.25) is 0 Å². The predicted octanol–water partition coefficient (Wildman–Crippen LogP) is 6.20. The first-order valence-electron chi connectivity index (χ1n) is 11.6. The Balaban J connectivity index is 1.33. The third kappa shape index (κ3) is 4.63. The monoisotopic (exact) mass is 479 g/mol. The molecule has 2 aromatic heterocycles. The lowest BCUT2D eigenvalue weighted by Crippen LogP contribution is -2.23. The lowest BCUT2D eigenvalue weighted by molar-refractivity contribution is 0.0949. The number of nitrogens with zero attached hydrogens (tertiary/aromatic N) is 1. The molecule has 0 aliphatic heterocycles. The zero-order valence-corrected chi connectivity index (χ0v) is 20.2. The minimum Gasteiger partial charge on any atom is -0.466 e. The van der Waals surface area contributed by atoms with E-state index in [4.69, 9.17) is 8.83 Å². The van der Waals surface area contributed by atoms with E-state index in [2.05, 4.69) is 15.6 Å². The van der Waals surface area contributed by atoms with Crippen LogP contribution >= 0.6 is 0 Å². The fraction of sp³-hybridized carbons (Fsp3) is 0.138. The van der Waals surface area contributed by atoms with Crippen LogP contribution in [0.1, 0.15) is 43.7 Å².